The van der Waals surface area contributed by atoms with Crippen LogP contribution in [0.3, 0.4) is 0 Å². The molecule has 4 atom stereocenters. The maximum absolute atomic E-state index is 13.6. The average molecular weight is 628 g/mol. The van der Waals surface area contributed by atoms with E-state index < -0.39 is 11.9 Å². The number of fused-ring (bicyclic) bond motifs is 1. The highest BCUT2D eigenvalue weighted by Crippen LogP contribution is 2.49. The van der Waals surface area contributed by atoms with Crippen molar-refractivity contribution in [3.8, 4) is 17.2 Å². The lowest BCUT2D eigenvalue weighted by atomic mass is 9.67. The fourth-order valence-corrected chi connectivity index (χ4v) is 7.56. The number of amides is 1. The van der Waals surface area contributed by atoms with E-state index in [0.29, 0.717) is 37.4 Å². The summed E-state index contributed by atoms with van der Waals surface area (Å²) in [6.07, 6.45) is 5.90. The molecule has 1 heterocycles. The van der Waals surface area contributed by atoms with Gasteiger partial charge in [0.25, 0.3) is 0 Å². The first kappa shape index (κ1) is 33.4. The number of aliphatic carboxylic acids is 1. The normalized spacial score (nSPS) is 20.9. The van der Waals surface area contributed by atoms with Crippen LogP contribution in [0, 0.1) is 25.7 Å². The van der Waals surface area contributed by atoms with Gasteiger partial charge in [-0.25, -0.2) is 0 Å². The van der Waals surface area contributed by atoms with Crippen molar-refractivity contribution in [3.05, 3.63) is 81.9 Å². The number of rotatable bonds is 11. The van der Waals surface area contributed by atoms with Crippen LogP contribution < -0.4 is 19.5 Å². The molecule has 5 rings (SSSR count). The third-order valence-corrected chi connectivity index (χ3v) is 9.88. The van der Waals surface area contributed by atoms with Gasteiger partial charge in [0.15, 0.2) is 11.5 Å². The third kappa shape index (κ3) is 7.35. The summed E-state index contributed by atoms with van der Waals surface area (Å²) in [5.74, 6) is 0.418. The molecule has 1 fully saturated rings. The lowest BCUT2D eigenvalue weighted by Gasteiger charge is -2.36. The Morgan fingerprint density at radius 3 is 2.20 bits per heavy atom. The summed E-state index contributed by atoms with van der Waals surface area (Å²) in [5.41, 5.74) is 7.39. The van der Waals surface area contributed by atoms with Gasteiger partial charge < -0.3 is 24.6 Å². The van der Waals surface area contributed by atoms with Crippen molar-refractivity contribution < 1.29 is 28.9 Å². The van der Waals surface area contributed by atoms with Crippen LogP contribution in [0.15, 0.2) is 48.5 Å². The quantitative estimate of drug-likeness (QED) is 0.221. The largest absolute Gasteiger partial charge is 0.494 e. The molecule has 2 aliphatic rings. The zero-order valence-electron chi connectivity index (χ0n) is 28.0. The zero-order chi connectivity index (χ0) is 32.8. The van der Waals surface area contributed by atoms with Crippen LogP contribution >= 0.6 is 0 Å². The van der Waals surface area contributed by atoms with E-state index in [1.54, 1.807) is 0 Å². The van der Waals surface area contributed by atoms with Crippen molar-refractivity contribution >= 4 is 17.6 Å². The zero-order valence-corrected chi connectivity index (χ0v) is 28.0. The van der Waals surface area contributed by atoms with Crippen LogP contribution in [0.5, 0.6) is 17.2 Å². The Labute approximate surface area is 273 Å². The van der Waals surface area contributed by atoms with Crippen molar-refractivity contribution in [3.63, 3.8) is 0 Å². The highest BCUT2D eigenvalue weighted by molar-refractivity contribution is 5.92. The van der Waals surface area contributed by atoms with Gasteiger partial charge in [-0.15, -0.1) is 0 Å². The van der Waals surface area contributed by atoms with Gasteiger partial charge in [-0.2, -0.15) is 0 Å². The smallest absolute Gasteiger partial charge is 0.307 e. The molecule has 46 heavy (non-hydrogen) atoms. The van der Waals surface area contributed by atoms with Crippen LogP contribution in [0.2, 0.25) is 0 Å². The first-order valence-electron chi connectivity index (χ1n) is 17.0. The van der Waals surface area contributed by atoms with E-state index >= 15 is 0 Å². The van der Waals surface area contributed by atoms with Crippen LogP contribution in [0.25, 0.3) is 0 Å². The number of nitrogens with one attached hydrogen (secondary N) is 1. The summed E-state index contributed by atoms with van der Waals surface area (Å²) in [6.45, 7) is 11.2. The molecule has 7 nitrogen and oxygen atoms in total. The Hall–Kier alpha value is -4.00. The van der Waals surface area contributed by atoms with Crippen molar-refractivity contribution in [2.45, 2.75) is 97.8 Å². The fourth-order valence-electron chi connectivity index (χ4n) is 7.56. The van der Waals surface area contributed by atoms with E-state index in [0.717, 1.165) is 71.4 Å². The molecule has 1 unspecified atom stereocenters. The Morgan fingerprint density at radius 2 is 1.57 bits per heavy atom. The number of carbonyl (C=O) groups excluding carboxylic acids is 1. The van der Waals surface area contributed by atoms with Gasteiger partial charge in [-0.05, 0) is 123 Å². The van der Waals surface area contributed by atoms with E-state index in [2.05, 4.69) is 45.1 Å². The second-order valence-corrected chi connectivity index (χ2v) is 12.9. The molecule has 7 heteroatoms. The molecule has 1 amide bonds. The topological polar surface area (TPSA) is 94.1 Å². The van der Waals surface area contributed by atoms with E-state index in [1.807, 2.05) is 43.3 Å². The number of anilines is 1. The van der Waals surface area contributed by atoms with Crippen LogP contribution in [0.1, 0.15) is 105 Å². The van der Waals surface area contributed by atoms with Crippen LogP contribution in [0.4, 0.5) is 5.69 Å². The number of ether oxygens (including phenoxy) is 3. The van der Waals surface area contributed by atoms with E-state index in [4.69, 9.17) is 14.2 Å². The van der Waals surface area contributed by atoms with Crippen molar-refractivity contribution in [1.82, 2.24) is 0 Å². The summed E-state index contributed by atoms with van der Waals surface area (Å²) < 4.78 is 17.3. The number of hydrogen-bond acceptors (Lipinski definition) is 5. The van der Waals surface area contributed by atoms with E-state index in [9.17, 15) is 14.7 Å². The molecule has 0 radical (unpaired) electrons. The van der Waals surface area contributed by atoms with Crippen molar-refractivity contribution in [1.29, 1.82) is 0 Å². The average Bonchev–Trinajstić information content (AvgIpc) is 3.53. The first-order chi connectivity index (χ1) is 22.2. The van der Waals surface area contributed by atoms with Crippen LogP contribution in [-0.2, 0) is 22.4 Å². The standard InChI is InChI=1S/C39H49NO6/c1-6-19-44-30-13-11-29(12-14-30)32-15-9-26(22-35(41)40-37-27(7-2)20-24(4)21-28(37)8-3)10-16-33(36(32)39(42)43)31-17-18-34-38(25(31)5)46-23-45-34/h11-14,17-18,20-21,26,32-33,36H,6-10,15-16,19,22-23H2,1-5H3,(H,40,41)(H,42,43)/t26?,32-,33+,36-/m0/s1. The number of carbonyl (C=O) groups is 2. The fraction of sp³-hybridized carbons (Fsp3) is 0.487. The molecule has 0 bridgehead atoms. The molecule has 0 aromatic heterocycles. The second-order valence-electron chi connectivity index (χ2n) is 12.9. The third-order valence-electron chi connectivity index (χ3n) is 9.88. The highest BCUT2D eigenvalue weighted by atomic mass is 16.7. The molecule has 1 aliphatic heterocycles. The number of benzene rings is 3. The van der Waals surface area contributed by atoms with Crippen molar-refractivity contribution in [2.24, 2.45) is 11.8 Å². The number of carboxylic acids is 1. The Balaban J connectivity index is 1.45. The molecule has 0 spiro atoms. The number of carboxylic acid groups (broad SMARTS) is 1. The maximum atomic E-state index is 13.6. The van der Waals surface area contributed by atoms with Gasteiger partial charge >= 0.3 is 5.97 Å². The molecule has 0 saturated heterocycles. The summed E-state index contributed by atoms with van der Waals surface area (Å²) >= 11 is 0. The molecule has 2 N–H and O–H groups in total. The van der Waals surface area contributed by atoms with Gasteiger partial charge in [0.1, 0.15) is 5.75 Å². The van der Waals surface area contributed by atoms with Gasteiger partial charge in [-0.3, -0.25) is 9.59 Å². The Kier molecular flexibility index (Phi) is 10.9. The minimum atomic E-state index is -0.798. The molecule has 246 valence electrons. The summed E-state index contributed by atoms with van der Waals surface area (Å²) in [6, 6.07) is 16.2. The summed E-state index contributed by atoms with van der Waals surface area (Å²) in [4.78, 5) is 26.8. The highest BCUT2D eigenvalue weighted by Gasteiger charge is 2.40. The molecule has 3 aromatic carbocycles. The number of aryl methyl sites for hydroxylation is 3. The Morgan fingerprint density at radius 1 is 0.891 bits per heavy atom. The van der Waals surface area contributed by atoms with Gasteiger partial charge in [0.2, 0.25) is 12.7 Å². The van der Waals surface area contributed by atoms with Crippen LogP contribution in [-0.4, -0.2) is 30.4 Å². The van der Waals surface area contributed by atoms with Gasteiger partial charge in [0.05, 0.1) is 12.5 Å². The Bertz CT molecular complexity index is 1510. The maximum Gasteiger partial charge on any atom is 0.307 e. The molecular formula is C39H49NO6. The minimum absolute atomic E-state index is 0.0263. The monoisotopic (exact) mass is 627 g/mol. The molecular weight excluding hydrogens is 578 g/mol. The molecule has 1 aliphatic carbocycles. The van der Waals surface area contributed by atoms with Gasteiger partial charge in [-0.1, -0.05) is 56.7 Å². The lowest BCUT2D eigenvalue weighted by Crippen LogP contribution is -2.32. The van der Waals surface area contributed by atoms with E-state index in [-0.39, 0.29) is 30.5 Å². The van der Waals surface area contributed by atoms with Gasteiger partial charge in [0, 0.05) is 12.1 Å². The minimum Gasteiger partial charge on any atom is -0.494 e. The SMILES string of the molecule is CCCOc1ccc([C@@H]2CCC(CC(=O)Nc3c(CC)cc(C)cc3CC)CC[C@H](c3ccc4c(c3C)OCO4)[C@H]2C(=O)O)cc1. The lowest BCUT2D eigenvalue weighted by molar-refractivity contribution is -0.144. The first-order valence-corrected chi connectivity index (χ1v) is 17.0. The molecule has 1 saturated carbocycles. The number of hydrogen-bond donors (Lipinski definition) is 2. The summed E-state index contributed by atoms with van der Waals surface area (Å²) in [5, 5.41) is 14.1. The summed E-state index contributed by atoms with van der Waals surface area (Å²) in [7, 11) is 0. The second kappa shape index (κ2) is 15.1. The predicted octanol–water partition coefficient (Wildman–Crippen LogP) is 8.73. The van der Waals surface area contributed by atoms with E-state index in [1.165, 1.54) is 5.56 Å². The molecule has 3 aromatic rings. The van der Waals surface area contributed by atoms with Crippen molar-refractivity contribution in [2.75, 3.05) is 18.7 Å². The predicted molar refractivity (Wildman–Crippen MR) is 181 cm³/mol.